The first-order chi connectivity index (χ1) is 10.6. The molecule has 0 unspecified atom stereocenters. The summed E-state index contributed by atoms with van der Waals surface area (Å²) in [4.78, 5) is 16.0. The van der Waals surface area contributed by atoms with Gasteiger partial charge in [0.25, 0.3) is 0 Å². The van der Waals surface area contributed by atoms with E-state index in [4.69, 9.17) is 4.74 Å². The van der Waals surface area contributed by atoms with Gasteiger partial charge in [-0.25, -0.2) is 9.78 Å². The number of nitrogens with zero attached hydrogens (tertiary/aromatic N) is 1. The van der Waals surface area contributed by atoms with E-state index in [1.165, 1.54) is 0 Å². The van der Waals surface area contributed by atoms with Crippen LogP contribution in [0.1, 0.15) is 31.7 Å². The van der Waals surface area contributed by atoms with Crippen LogP contribution in [0.25, 0.3) is 0 Å². The van der Waals surface area contributed by atoms with Gasteiger partial charge in [0.1, 0.15) is 5.82 Å². The number of aromatic nitrogens is 1. The molecule has 0 radical (unpaired) electrons. The van der Waals surface area contributed by atoms with E-state index in [0.29, 0.717) is 6.54 Å². The molecule has 122 valence electrons. The molecule has 2 amide bonds. The van der Waals surface area contributed by atoms with Crippen molar-refractivity contribution in [3.8, 4) is 0 Å². The van der Waals surface area contributed by atoms with Crippen LogP contribution in [0, 0.1) is 6.92 Å². The second-order valence-corrected chi connectivity index (χ2v) is 5.74. The Bertz CT molecular complexity index is 458. The fraction of sp³-hybridized carbons (Fsp3) is 0.625. The summed E-state index contributed by atoms with van der Waals surface area (Å²) in [7, 11) is 0. The molecule has 22 heavy (non-hydrogen) atoms. The van der Waals surface area contributed by atoms with Gasteiger partial charge in [0.2, 0.25) is 0 Å². The first kappa shape index (κ1) is 16.5. The number of carbonyl (C=O) groups is 1. The molecule has 2 heterocycles. The first-order valence-electron chi connectivity index (χ1n) is 7.97. The van der Waals surface area contributed by atoms with Crippen molar-refractivity contribution >= 4 is 11.8 Å². The van der Waals surface area contributed by atoms with Crippen molar-refractivity contribution < 1.29 is 9.53 Å². The van der Waals surface area contributed by atoms with E-state index in [-0.39, 0.29) is 18.2 Å². The highest BCUT2D eigenvalue weighted by molar-refractivity contribution is 5.74. The Morgan fingerprint density at radius 3 is 3.00 bits per heavy atom. The Balaban J connectivity index is 1.54. The lowest BCUT2D eigenvalue weighted by molar-refractivity contribution is 0.0860. The first-order valence-corrected chi connectivity index (χ1v) is 7.97. The molecule has 1 aliphatic rings. The van der Waals surface area contributed by atoms with Crippen LogP contribution in [0.15, 0.2) is 18.3 Å². The largest absolute Gasteiger partial charge is 0.376 e. The van der Waals surface area contributed by atoms with Gasteiger partial charge >= 0.3 is 6.03 Å². The molecule has 0 saturated carbocycles. The van der Waals surface area contributed by atoms with Gasteiger partial charge in [-0.2, -0.15) is 0 Å². The molecule has 1 aromatic rings. The Labute approximate surface area is 132 Å². The number of urea groups is 1. The van der Waals surface area contributed by atoms with E-state index < -0.39 is 0 Å². The lowest BCUT2D eigenvalue weighted by Gasteiger charge is -2.20. The van der Waals surface area contributed by atoms with Crippen LogP contribution in [-0.2, 0) is 4.74 Å². The fourth-order valence-corrected chi connectivity index (χ4v) is 2.43. The maximum absolute atomic E-state index is 11.8. The summed E-state index contributed by atoms with van der Waals surface area (Å²) >= 11 is 0. The average Bonchev–Trinajstić information content (AvgIpc) is 3.03. The van der Waals surface area contributed by atoms with Crippen LogP contribution >= 0.6 is 0 Å². The number of nitrogens with one attached hydrogen (secondary N) is 3. The molecule has 3 N–H and O–H groups in total. The number of ether oxygens (including phenoxy) is 1. The van der Waals surface area contributed by atoms with Gasteiger partial charge in [0.05, 0.1) is 12.1 Å². The minimum Gasteiger partial charge on any atom is -0.376 e. The number of hydrogen-bond donors (Lipinski definition) is 3. The summed E-state index contributed by atoms with van der Waals surface area (Å²) in [6.45, 7) is 6.20. The zero-order chi connectivity index (χ0) is 15.8. The molecule has 2 atom stereocenters. The fourth-order valence-electron chi connectivity index (χ4n) is 2.43. The number of pyridine rings is 1. The summed E-state index contributed by atoms with van der Waals surface area (Å²) in [5, 5.41) is 9.02. The highest BCUT2D eigenvalue weighted by Crippen LogP contribution is 2.15. The number of aryl methyl sites for hydroxylation is 1. The normalized spacial score (nSPS) is 18.7. The lowest BCUT2D eigenvalue weighted by Crippen LogP contribution is -2.46. The molecule has 0 bridgehead atoms. The Hall–Kier alpha value is -1.82. The van der Waals surface area contributed by atoms with Crippen molar-refractivity contribution in [1.29, 1.82) is 0 Å². The van der Waals surface area contributed by atoms with E-state index in [2.05, 4.69) is 20.9 Å². The molecule has 6 heteroatoms. The van der Waals surface area contributed by atoms with E-state index in [9.17, 15) is 4.79 Å². The average molecular weight is 306 g/mol. The third-order valence-electron chi connectivity index (χ3n) is 3.74. The summed E-state index contributed by atoms with van der Waals surface area (Å²) in [6.07, 6.45) is 4.93. The summed E-state index contributed by atoms with van der Waals surface area (Å²) < 4.78 is 5.56. The number of rotatable bonds is 7. The van der Waals surface area contributed by atoms with Gasteiger partial charge < -0.3 is 20.7 Å². The van der Waals surface area contributed by atoms with Crippen LogP contribution in [0.4, 0.5) is 10.6 Å². The molecule has 1 aliphatic heterocycles. The standard InChI is InChI=1S/C16H26N4O2/c1-12-6-7-15(19-11-12)17-8-4-9-18-16(21)20-13(2)14-5-3-10-22-14/h6-7,11,13-14H,3-5,8-10H2,1-2H3,(H,17,19)(H2,18,20,21)/t13-,14+/m1/s1. The SMILES string of the molecule is Cc1ccc(NCCCNC(=O)N[C@H](C)[C@@H]2CCCO2)nc1. The molecule has 1 fully saturated rings. The van der Waals surface area contributed by atoms with Crippen LogP contribution in [0.2, 0.25) is 0 Å². The third-order valence-corrected chi connectivity index (χ3v) is 3.74. The van der Waals surface area contributed by atoms with Crippen molar-refractivity contribution in [2.75, 3.05) is 25.0 Å². The van der Waals surface area contributed by atoms with E-state index in [0.717, 1.165) is 43.8 Å². The predicted molar refractivity (Wildman–Crippen MR) is 87.1 cm³/mol. The maximum atomic E-state index is 11.8. The molecule has 1 saturated heterocycles. The minimum atomic E-state index is -0.128. The van der Waals surface area contributed by atoms with E-state index in [1.54, 1.807) is 0 Å². The van der Waals surface area contributed by atoms with Crippen LogP contribution in [0.3, 0.4) is 0 Å². The Kier molecular flexibility index (Phi) is 6.45. The topological polar surface area (TPSA) is 75.3 Å². The van der Waals surface area contributed by atoms with E-state index >= 15 is 0 Å². The lowest BCUT2D eigenvalue weighted by atomic mass is 10.1. The maximum Gasteiger partial charge on any atom is 0.315 e. The second kappa shape index (κ2) is 8.58. The number of hydrogen-bond acceptors (Lipinski definition) is 4. The number of carbonyl (C=O) groups excluding carboxylic acids is 1. The van der Waals surface area contributed by atoms with Gasteiger partial charge in [0, 0.05) is 25.9 Å². The van der Waals surface area contributed by atoms with Crippen molar-refractivity contribution in [2.45, 2.75) is 45.3 Å². The van der Waals surface area contributed by atoms with Gasteiger partial charge in [-0.05, 0) is 44.7 Å². The zero-order valence-electron chi connectivity index (χ0n) is 13.4. The van der Waals surface area contributed by atoms with Gasteiger partial charge in [-0.15, -0.1) is 0 Å². The predicted octanol–water partition coefficient (Wildman–Crippen LogP) is 2.06. The number of amides is 2. The molecule has 1 aromatic heterocycles. The smallest absolute Gasteiger partial charge is 0.315 e. The molecular weight excluding hydrogens is 280 g/mol. The van der Waals surface area contributed by atoms with Crippen LogP contribution in [0.5, 0.6) is 0 Å². The van der Waals surface area contributed by atoms with Crippen LogP contribution in [-0.4, -0.2) is 42.9 Å². The van der Waals surface area contributed by atoms with Gasteiger partial charge in [-0.3, -0.25) is 0 Å². The highest BCUT2D eigenvalue weighted by Gasteiger charge is 2.23. The molecule has 2 rings (SSSR count). The van der Waals surface area contributed by atoms with Crippen molar-refractivity contribution in [3.05, 3.63) is 23.9 Å². The second-order valence-electron chi connectivity index (χ2n) is 5.74. The quantitative estimate of drug-likeness (QED) is 0.674. The van der Waals surface area contributed by atoms with Gasteiger partial charge in [-0.1, -0.05) is 6.07 Å². The molecule has 0 aromatic carbocycles. The third kappa shape index (κ3) is 5.52. The Morgan fingerprint density at radius 1 is 1.45 bits per heavy atom. The summed E-state index contributed by atoms with van der Waals surface area (Å²) in [5.41, 5.74) is 1.14. The summed E-state index contributed by atoms with van der Waals surface area (Å²) in [6, 6.07) is 3.90. The van der Waals surface area contributed by atoms with Crippen molar-refractivity contribution in [2.24, 2.45) is 0 Å². The van der Waals surface area contributed by atoms with Gasteiger partial charge in [0.15, 0.2) is 0 Å². The molecule has 6 nitrogen and oxygen atoms in total. The molecule has 0 spiro atoms. The number of anilines is 1. The van der Waals surface area contributed by atoms with Crippen molar-refractivity contribution in [3.63, 3.8) is 0 Å². The Morgan fingerprint density at radius 2 is 2.32 bits per heavy atom. The monoisotopic (exact) mass is 306 g/mol. The summed E-state index contributed by atoms with van der Waals surface area (Å²) in [5.74, 6) is 0.863. The molecule has 0 aliphatic carbocycles. The minimum absolute atomic E-state index is 0.0531. The van der Waals surface area contributed by atoms with E-state index in [1.807, 2.05) is 32.2 Å². The van der Waals surface area contributed by atoms with Crippen LogP contribution < -0.4 is 16.0 Å². The zero-order valence-corrected chi connectivity index (χ0v) is 13.4. The highest BCUT2D eigenvalue weighted by atomic mass is 16.5. The van der Waals surface area contributed by atoms with Crippen molar-refractivity contribution in [1.82, 2.24) is 15.6 Å². The molecular formula is C16H26N4O2.